The molecule has 0 unspecified atom stereocenters. The van der Waals surface area contributed by atoms with Crippen LogP contribution in [0.15, 0.2) is 24.4 Å². The van der Waals surface area contributed by atoms with Crippen LogP contribution >= 0.6 is 0 Å². The SMILES string of the molecule is CCn1cc(CS(=O)(=O)CC)c2ccc(C)cc21. The molecule has 0 N–H and O–H groups in total. The molecule has 0 aliphatic heterocycles. The average Bonchev–Trinajstić information content (AvgIpc) is 2.66. The molecule has 2 rings (SSSR count). The van der Waals surface area contributed by atoms with E-state index in [9.17, 15) is 8.42 Å². The van der Waals surface area contributed by atoms with Crippen molar-refractivity contribution in [3.8, 4) is 0 Å². The average molecular weight is 265 g/mol. The first-order chi connectivity index (χ1) is 8.46. The van der Waals surface area contributed by atoms with E-state index in [1.807, 2.05) is 18.3 Å². The van der Waals surface area contributed by atoms with Gasteiger partial charge in [-0.15, -0.1) is 0 Å². The summed E-state index contributed by atoms with van der Waals surface area (Å²) >= 11 is 0. The van der Waals surface area contributed by atoms with E-state index in [1.54, 1.807) is 6.92 Å². The first-order valence-electron chi connectivity index (χ1n) is 6.25. The summed E-state index contributed by atoms with van der Waals surface area (Å²) in [4.78, 5) is 0. The van der Waals surface area contributed by atoms with Crippen molar-refractivity contribution in [1.29, 1.82) is 0 Å². The van der Waals surface area contributed by atoms with Crippen LogP contribution in [0, 0.1) is 6.92 Å². The van der Waals surface area contributed by atoms with Gasteiger partial charge in [0.1, 0.15) is 0 Å². The Bertz CT molecular complexity index is 668. The Morgan fingerprint density at radius 1 is 1.22 bits per heavy atom. The minimum Gasteiger partial charge on any atom is -0.347 e. The molecule has 2 aromatic rings. The Balaban J connectivity index is 2.59. The maximum atomic E-state index is 11.8. The summed E-state index contributed by atoms with van der Waals surface area (Å²) in [6, 6.07) is 6.17. The minimum atomic E-state index is -2.98. The van der Waals surface area contributed by atoms with Crippen LogP contribution in [-0.4, -0.2) is 18.7 Å². The van der Waals surface area contributed by atoms with E-state index in [4.69, 9.17) is 0 Å². The third kappa shape index (κ3) is 2.43. The molecule has 0 aliphatic rings. The molecule has 98 valence electrons. The van der Waals surface area contributed by atoms with Gasteiger partial charge < -0.3 is 4.57 Å². The number of hydrogen-bond acceptors (Lipinski definition) is 2. The van der Waals surface area contributed by atoms with Crippen LogP contribution < -0.4 is 0 Å². The van der Waals surface area contributed by atoms with Crippen LogP contribution in [-0.2, 0) is 22.1 Å². The molecule has 0 saturated carbocycles. The van der Waals surface area contributed by atoms with E-state index in [0.29, 0.717) is 0 Å². The largest absolute Gasteiger partial charge is 0.347 e. The topological polar surface area (TPSA) is 39.1 Å². The molecule has 4 heteroatoms. The standard InChI is InChI=1S/C14H19NO2S/c1-4-15-9-12(10-18(16,17)5-2)13-7-6-11(3)8-14(13)15/h6-9H,4-5,10H2,1-3H3. The molecule has 1 heterocycles. The number of sulfone groups is 1. The Labute approximate surface area is 108 Å². The van der Waals surface area contributed by atoms with E-state index in [-0.39, 0.29) is 11.5 Å². The van der Waals surface area contributed by atoms with Crippen molar-refractivity contribution >= 4 is 20.7 Å². The highest BCUT2D eigenvalue weighted by Gasteiger charge is 2.14. The van der Waals surface area contributed by atoms with Crippen molar-refractivity contribution in [1.82, 2.24) is 4.57 Å². The molecule has 0 radical (unpaired) electrons. The van der Waals surface area contributed by atoms with Gasteiger partial charge in [-0.2, -0.15) is 0 Å². The number of aryl methyl sites for hydroxylation is 2. The number of nitrogens with zero attached hydrogens (tertiary/aromatic N) is 1. The van der Waals surface area contributed by atoms with Crippen LogP contribution in [0.3, 0.4) is 0 Å². The summed E-state index contributed by atoms with van der Waals surface area (Å²) < 4.78 is 25.6. The van der Waals surface area contributed by atoms with Gasteiger partial charge in [-0.3, -0.25) is 0 Å². The van der Waals surface area contributed by atoms with Gasteiger partial charge >= 0.3 is 0 Å². The molecule has 0 atom stereocenters. The lowest BCUT2D eigenvalue weighted by Gasteiger charge is -2.01. The van der Waals surface area contributed by atoms with E-state index < -0.39 is 9.84 Å². The summed E-state index contributed by atoms with van der Waals surface area (Å²) in [6.45, 7) is 6.67. The summed E-state index contributed by atoms with van der Waals surface area (Å²) in [7, 11) is -2.98. The fourth-order valence-corrected chi connectivity index (χ4v) is 3.10. The molecule has 0 spiro atoms. The van der Waals surface area contributed by atoms with Crippen molar-refractivity contribution in [2.45, 2.75) is 33.1 Å². The lowest BCUT2D eigenvalue weighted by atomic mass is 10.1. The van der Waals surface area contributed by atoms with Crippen molar-refractivity contribution in [3.05, 3.63) is 35.5 Å². The summed E-state index contributed by atoms with van der Waals surface area (Å²) in [5.74, 6) is 0.327. The minimum absolute atomic E-state index is 0.135. The summed E-state index contributed by atoms with van der Waals surface area (Å²) in [5.41, 5.74) is 3.23. The van der Waals surface area contributed by atoms with E-state index in [2.05, 4.69) is 24.5 Å². The zero-order chi connectivity index (χ0) is 13.3. The molecule has 3 nitrogen and oxygen atoms in total. The van der Waals surface area contributed by atoms with Crippen molar-refractivity contribution in [3.63, 3.8) is 0 Å². The van der Waals surface area contributed by atoms with Crippen molar-refractivity contribution in [2.24, 2.45) is 0 Å². The van der Waals surface area contributed by atoms with Crippen LogP contribution in [0.25, 0.3) is 10.9 Å². The predicted octanol–water partition coefficient (Wildman–Crippen LogP) is 2.90. The van der Waals surface area contributed by atoms with Gasteiger partial charge in [0.25, 0.3) is 0 Å². The number of fused-ring (bicyclic) bond motifs is 1. The molecule has 18 heavy (non-hydrogen) atoms. The molecule has 0 saturated heterocycles. The zero-order valence-corrected chi connectivity index (χ0v) is 11.9. The number of hydrogen-bond donors (Lipinski definition) is 0. The van der Waals surface area contributed by atoms with Crippen LogP contribution in [0.1, 0.15) is 25.0 Å². The smallest absolute Gasteiger partial charge is 0.154 e. The van der Waals surface area contributed by atoms with Gasteiger partial charge in [0.05, 0.1) is 5.75 Å². The van der Waals surface area contributed by atoms with E-state index in [1.165, 1.54) is 5.56 Å². The highest BCUT2D eigenvalue weighted by Crippen LogP contribution is 2.24. The summed E-state index contributed by atoms with van der Waals surface area (Å²) in [6.07, 6.45) is 1.97. The maximum Gasteiger partial charge on any atom is 0.154 e. The van der Waals surface area contributed by atoms with Gasteiger partial charge in [0.15, 0.2) is 9.84 Å². The van der Waals surface area contributed by atoms with Crippen LogP contribution in [0.2, 0.25) is 0 Å². The molecular weight excluding hydrogens is 246 g/mol. The van der Waals surface area contributed by atoms with Gasteiger partial charge in [0.2, 0.25) is 0 Å². The molecule has 0 aliphatic carbocycles. The Hall–Kier alpha value is -1.29. The second-order valence-electron chi connectivity index (χ2n) is 4.64. The van der Waals surface area contributed by atoms with Crippen molar-refractivity contribution in [2.75, 3.05) is 5.75 Å². The van der Waals surface area contributed by atoms with Crippen LogP contribution in [0.5, 0.6) is 0 Å². The molecule has 0 fully saturated rings. The zero-order valence-electron chi connectivity index (χ0n) is 11.1. The Kier molecular flexibility index (Phi) is 3.48. The van der Waals surface area contributed by atoms with Gasteiger partial charge in [-0.05, 0) is 31.0 Å². The third-order valence-electron chi connectivity index (χ3n) is 3.28. The summed E-state index contributed by atoms with van der Waals surface area (Å²) in [5, 5.41) is 1.06. The van der Waals surface area contributed by atoms with Gasteiger partial charge in [-0.25, -0.2) is 8.42 Å². The number of aromatic nitrogens is 1. The third-order valence-corrected chi connectivity index (χ3v) is 4.91. The molecule has 1 aromatic carbocycles. The second-order valence-corrected chi connectivity index (χ2v) is 6.99. The predicted molar refractivity (Wildman–Crippen MR) is 75.5 cm³/mol. The van der Waals surface area contributed by atoms with E-state index >= 15 is 0 Å². The molecule has 0 amide bonds. The Morgan fingerprint density at radius 3 is 2.56 bits per heavy atom. The quantitative estimate of drug-likeness (QED) is 0.852. The maximum absolute atomic E-state index is 11.8. The second kappa shape index (κ2) is 4.76. The van der Waals surface area contributed by atoms with Gasteiger partial charge in [-0.1, -0.05) is 19.1 Å². The first-order valence-corrected chi connectivity index (χ1v) is 8.07. The van der Waals surface area contributed by atoms with Crippen LogP contribution in [0.4, 0.5) is 0 Å². The van der Waals surface area contributed by atoms with E-state index in [0.717, 1.165) is 23.0 Å². The highest BCUT2D eigenvalue weighted by atomic mass is 32.2. The van der Waals surface area contributed by atoms with Gasteiger partial charge in [0, 0.05) is 29.4 Å². The molecular formula is C14H19NO2S. The van der Waals surface area contributed by atoms with Crippen molar-refractivity contribution < 1.29 is 8.42 Å². The monoisotopic (exact) mass is 265 g/mol. The normalized spacial score (nSPS) is 12.2. The fourth-order valence-electron chi connectivity index (χ4n) is 2.19. The number of rotatable bonds is 4. The number of benzene rings is 1. The molecule has 1 aromatic heterocycles. The highest BCUT2D eigenvalue weighted by molar-refractivity contribution is 7.90. The Morgan fingerprint density at radius 2 is 1.94 bits per heavy atom. The lowest BCUT2D eigenvalue weighted by Crippen LogP contribution is -2.06. The molecule has 0 bridgehead atoms. The first kappa shape index (κ1) is 13.1. The lowest BCUT2D eigenvalue weighted by molar-refractivity contribution is 0.596. The fraction of sp³-hybridized carbons (Fsp3) is 0.429.